The number of hydrogen-bond donors (Lipinski definition) is 3. The van der Waals surface area contributed by atoms with E-state index in [1.807, 2.05) is 22.8 Å². The Balaban J connectivity index is 1.74. The maximum atomic E-state index is 13.0. The number of nitrogens with two attached hydrogens (primary N) is 1. The van der Waals surface area contributed by atoms with E-state index in [1.54, 1.807) is 31.3 Å². The van der Waals surface area contributed by atoms with Crippen LogP contribution in [0.3, 0.4) is 0 Å². The molecule has 1 aliphatic carbocycles. The van der Waals surface area contributed by atoms with Gasteiger partial charge in [-0.2, -0.15) is 5.26 Å². The molecule has 1 fully saturated rings. The first-order valence-corrected chi connectivity index (χ1v) is 10.9. The molecule has 0 atom stereocenters. The van der Waals surface area contributed by atoms with Crippen molar-refractivity contribution < 1.29 is 14.7 Å². The summed E-state index contributed by atoms with van der Waals surface area (Å²) in [5, 5.41) is 22.0. The van der Waals surface area contributed by atoms with E-state index >= 15 is 0 Å². The number of anilines is 2. The summed E-state index contributed by atoms with van der Waals surface area (Å²) in [7, 11) is 1.65. The van der Waals surface area contributed by atoms with Gasteiger partial charge in [0, 0.05) is 24.3 Å². The van der Waals surface area contributed by atoms with Gasteiger partial charge < -0.3 is 20.3 Å². The van der Waals surface area contributed by atoms with Crippen molar-refractivity contribution in [2.45, 2.75) is 37.8 Å². The average molecular weight is 447 g/mol. The molecular formula is C24H26N6O3. The molecule has 4 rings (SSSR count). The molecule has 9 nitrogen and oxygen atoms in total. The average Bonchev–Trinajstić information content (AvgIpc) is 3.20. The monoisotopic (exact) mass is 446 g/mol. The highest BCUT2D eigenvalue weighted by Crippen LogP contribution is 2.35. The van der Waals surface area contributed by atoms with Crippen LogP contribution < -0.4 is 16.0 Å². The number of nitriles is 1. The summed E-state index contributed by atoms with van der Waals surface area (Å²) in [4.78, 5) is 31.1. The molecule has 1 heterocycles. The van der Waals surface area contributed by atoms with Gasteiger partial charge >= 0.3 is 0 Å². The Hall–Kier alpha value is -3.74. The van der Waals surface area contributed by atoms with Gasteiger partial charge in [0.05, 0.1) is 35.3 Å². The first-order chi connectivity index (χ1) is 15.9. The molecule has 0 spiro atoms. The van der Waals surface area contributed by atoms with E-state index in [4.69, 9.17) is 11.0 Å². The molecule has 0 unspecified atom stereocenters. The van der Waals surface area contributed by atoms with Crippen LogP contribution in [0.25, 0.3) is 11.0 Å². The highest BCUT2D eigenvalue weighted by molar-refractivity contribution is 6.04. The van der Waals surface area contributed by atoms with Gasteiger partial charge in [0.2, 0.25) is 11.9 Å². The van der Waals surface area contributed by atoms with Crippen LogP contribution in [0.1, 0.15) is 47.6 Å². The van der Waals surface area contributed by atoms with Gasteiger partial charge in [-0.15, -0.1) is 0 Å². The summed E-state index contributed by atoms with van der Waals surface area (Å²) < 4.78 is 2.00. The smallest absolute Gasteiger partial charge is 0.258 e. The van der Waals surface area contributed by atoms with E-state index in [-0.39, 0.29) is 30.5 Å². The summed E-state index contributed by atoms with van der Waals surface area (Å²) in [6.07, 6.45) is 2.55. The van der Waals surface area contributed by atoms with E-state index < -0.39 is 0 Å². The number of benzene rings is 2. The van der Waals surface area contributed by atoms with Gasteiger partial charge in [-0.1, -0.05) is 6.07 Å². The molecule has 0 saturated heterocycles. The van der Waals surface area contributed by atoms with Gasteiger partial charge in [0.15, 0.2) is 0 Å². The van der Waals surface area contributed by atoms with Crippen molar-refractivity contribution in [1.82, 2.24) is 9.55 Å². The minimum atomic E-state index is -0.366. The molecule has 0 aliphatic heterocycles. The first kappa shape index (κ1) is 22.5. The highest BCUT2D eigenvalue weighted by Gasteiger charge is 2.26. The van der Waals surface area contributed by atoms with E-state index in [0.29, 0.717) is 41.1 Å². The third-order valence-electron chi connectivity index (χ3n) is 6.12. The molecule has 170 valence electrons. The topological polar surface area (TPSA) is 137 Å². The lowest BCUT2D eigenvalue weighted by Gasteiger charge is -2.28. The number of rotatable bonds is 5. The van der Waals surface area contributed by atoms with Crippen LogP contribution in [0.15, 0.2) is 42.5 Å². The number of fused-ring (bicyclic) bond motifs is 1. The standard InChI is InChI=1S/C24H26N6O3/c1-29(22(32)14-26)18-7-10-21-20(12-18)27-24(30(21)17-5-8-19(31)9-6-17)28-23(33)16-4-2-3-15(11-16)13-25/h2-4,7,10-12,17,19,31H,5-6,8-9,14,26H2,1H3,(H,27,28,33). The summed E-state index contributed by atoms with van der Waals surface area (Å²) in [5.41, 5.74) is 8.37. The lowest BCUT2D eigenvalue weighted by molar-refractivity contribution is -0.117. The number of carbonyl (C=O) groups is 2. The SMILES string of the molecule is CN(C(=O)CN)c1ccc2c(c1)nc(NC(=O)c1cccc(C#N)c1)n2C1CCC(O)CC1. The number of likely N-dealkylation sites (N-methyl/N-ethyl adjacent to an activating group) is 1. The number of aromatic nitrogens is 2. The largest absolute Gasteiger partial charge is 0.393 e. The zero-order valence-electron chi connectivity index (χ0n) is 18.4. The third-order valence-corrected chi connectivity index (χ3v) is 6.12. The highest BCUT2D eigenvalue weighted by atomic mass is 16.3. The zero-order valence-corrected chi connectivity index (χ0v) is 18.4. The Morgan fingerprint density at radius 1 is 1.24 bits per heavy atom. The summed E-state index contributed by atoms with van der Waals surface area (Å²) in [5.74, 6) is -0.195. The Labute approximate surface area is 191 Å². The lowest BCUT2D eigenvalue weighted by atomic mass is 9.93. The van der Waals surface area contributed by atoms with Crippen LogP contribution in [0.4, 0.5) is 11.6 Å². The van der Waals surface area contributed by atoms with E-state index in [0.717, 1.165) is 18.4 Å². The molecule has 9 heteroatoms. The molecule has 2 amide bonds. The number of hydrogen-bond acceptors (Lipinski definition) is 6. The lowest BCUT2D eigenvalue weighted by Crippen LogP contribution is -2.32. The molecular weight excluding hydrogens is 420 g/mol. The molecule has 3 aromatic rings. The molecule has 1 aromatic heterocycles. The minimum absolute atomic E-state index is 0.0633. The third kappa shape index (κ3) is 4.58. The minimum Gasteiger partial charge on any atom is -0.393 e. The maximum absolute atomic E-state index is 13.0. The first-order valence-electron chi connectivity index (χ1n) is 10.9. The molecule has 2 aromatic carbocycles. The number of carbonyl (C=O) groups excluding carboxylic acids is 2. The second kappa shape index (κ2) is 9.40. The molecule has 0 bridgehead atoms. The molecule has 1 saturated carbocycles. The van der Waals surface area contributed by atoms with Gasteiger partial charge in [-0.3, -0.25) is 14.9 Å². The van der Waals surface area contributed by atoms with Crippen LogP contribution in [0, 0.1) is 11.3 Å². The number of nitrogens with one attached hydrogen (secondary N) is 1. The zero-order chi connectivity index (χ0) is 23.5. The number of aliphatic hydroxyl groups excluding tert-OH is 1. The van der Waals surface area contributed by atoms with E-state index in [1.165, 1.54) is 11.0 Å². The van der Waals surface area contributed by atoms with Gasteiger partial charge in [-0.05, 0) is 62.1 Å². The quantitative estimate of drug-likeness (QED) is 0.551. The van der Waals surface area contributed by atoms with Gasteiger partial charge in [-0.25, -0.2) is 4.98 Å². The fraction of sp³-hybridized carbons (Fsp3) is 0.333. The van der Waals surface area contributed by atoms with Crippen LogP contribution >= 0.6 is 0 Å². The van der Waals surface area contributed by atoms with Crippen LogP contribution in [0.2, 0.25) is 0 Å². The van der Waals surface area contributed by atoms with Crippen molar-refractivity contribution in [3.05, 3.63) is 53.6 Å². The predicted molar refractivity (Wildman–Crippen MR) is 125 cm³/mol. The van der Waals surface area contributed by atoms with Gasteiger partial charge in [0.1, 0.15) is 0 Å². The van der Waals surface area contributed by atoms with Crippen molar-refractivity contribution in [3.8, 4) is 6.07 Å². The fourth-order valence-corrected chi connectivity index (χ4v) is 4.25. The van der Waals surface area contributed by atoms with E-state index in [2.05, 4.69) is 10.3 Å². The van der Waals surface area contributed by atoms with Crippen molar-refractivity contribution in [1.29, 1.82) is 5.26 Å². The van der Waals surface area contributed by atoms with Crippen molar-refractivity contribution in [2.75, 3.05) is 23.8 Å². The molecule has 0 radical (unpaired) electrons. The Morgan fingerprint density at radius 3 is 2.70 bits per heavy atom. The summed E-state index contributed by atoms with van der Waals surface area (Å²) in [6.45, 7) is -0.101. The van der Waals surface area contributed by atoms with Crippen LogP contribution in [-0.4, -0.2) is 46.2 Å². The number of aliphatic hydroxyl groups is 1. The van der Waals surface area contributed by atoms with Crippen molar-refractivity contribution in [2.24, 2.45) is 5.73 Å². The van der Waals surface area contributed by atoms with Gasteiger partial charge in [0.25, 0.3) is 5.91 Å². The summed E-state index contributed by atoms with van der Waals surface area (Å²) >= 11 is 0. The molecule has 33 heavy (non-hydrogen) atoms. The Bertz CT molecular complexity index is 1240. The second-order valence-electron chi connectivity index (χ2n) is 8.24. The van der Waals surface area contributed by atoms with E-state index in [9.17, 15) is 14.7 Å². The second-order valence-corrected chi connectivity index (χ2v) is 8.24. The maximum Gasteiger partial charge on any atom is 0.258 e. The molecule has 4 N–H and O–H groups in total. The van der Waals surface area contributed by atoms with Crippen LogP contribution in [-0.2, 0) is 4.79 Å². The number of nitrogens with zero attached hydrogens (tertiary/aromatic N) is 4. The van der Waals surface area contributed by atoms with Crippen LogP contribution in [0.5, 0.6) is 0 Å². The fourth-order valence-electron chi connectivity index (χ4n) is 4.25. The number of amides is 2. The predicted octanol–water partition coefficient (Wildman–Crippen LogP) is 2.56. The Kier molecular flexibility index (Phi) is 6.40. The Morgan fingerprint density at radius 2 is 2.00 bits per heavy atom. The normalized spacial score (nSPS) is 18.0. The van der Waals surface area contributed by atoms with Crippen molar-refractivity contribution in [3.63, 3.8) is 0 Å². The number of imidazole rings is 1. The molecule has 1 aliphatic rings. The van der Waals surface area contributed by atoms with Crippen molar-refractivity contribution >= 4 is 34.5 Å². The summed E-state index contributed by atoms with van der Waals surface area (Å²) in [6, 6.07) is 14.1.